The molecule has 0 unspecified atom stereocenters. The van der Waals surface area contributed by atoms with Gasteiger partial charge in [0.1, 0.15) is 12.3 Å². The lowest BCUT2D eigenvalue weighted by atomic mass is 10.2. The van der Waals surface area contributed by atoms with E-state index in [0.717, 1.165) is 16.7 Å². The normalized spacial score (nSPS) is 17.9. The van der Waals surface area contributed by atoms with E-state index in [1.165, 1.54) is 0 Å². The third kappa shape index (κ3) is 6.08. The highest BCUT2D eigenvalue weighted by Gasteiger charge is 2.37. The summed E-state index contributed by atoms with van der Waals surface area (Å²) in [7, 11) is 0. The van der Waals surface area contributed by atoms with Crippen LogP contribution in [0.4, 0.5) is 4.79 Å². The molecule has 166 valence electrons. The van der Waals surface area contributed by atoms with Crippen molar-refractivity contribution in [2.75, 3.05) is 46.1 Å². The number of carbonyl (C=O) groups is 4. The molecule has 0 aliphatic carbocycles. The van der Waals surface area contributed by atoms with Gasteiger partial charge in [-0.1, -0.05) is 6.07 Å². The highest BCUT2D eigenvalue weighted by Crippen LogP contribution is 2.34. The van der Waals surface area contributed by atoms with Crippen LogP contribution in [0.5, 0.6) is 5.75 Å². The molecule has 3 amide bonds. The zero-order chi connectivity index (χ0) is 22.4. The summed E-state index contributed by atoms with van der Waals surface area (Å²) in [4.78, 5) is 51.5. The summed E-state index contributed by atoms with van der Waals surface area (Å²) >= 11 is 4.16. The van der Waals surface area contributed by atoms with Crippen LogP contribution in [0, 0.1) is 0 Å². The Kier molecular flexibility index (Phi) is 8.10. The number of amides is 3. The van der Waals surface area contributed by atoms with Gasteiger partial charge >= 0.3 is 5.97 Å². The minimum Gasteiger partial charge on any atom is -0.481 e. The van der Waals surface area contributed by atoms with Crippen molar-refractivity contribution in [2.24, 2.45) is 0 Å². The van der Waals surface area contributed by atoms with Crippen molar-refractivity contribution in [3.05, 3.63) is 33.1 Å². The highest BCUT2D eigenvalue weighted by molar-refractivity contribution is 9.10. The minimum atomic E-state index is -0.504. The molecule has 1 aromatic rings. The number of hydrogen-bond acceptors (Lipinski definition) is 8. The molecule has 2 fully saturated rings. The third-order valence-corrected chi connectivity index (χ3v) is 5.96. The van der Waals surface area contributed by atoms with E-state index in [1.54, 1.807) is 36.1 Å². The van der Waals surface area contributed by atoms with Crippen LogP contribution >= 0.6 is 27.7 Å². The van der Waals surface area contributed by atoms with E-state index < -0.39 is 17.1 Å². The quantitative estimate of drug-likeness (QED) is 0.405. The van der Waals surface area contributed by atoms with Gasteiger partial charge in [-0.05, 0) is 58.4 Å². The Morgan fingerprint density at radius 3 is 2.68 bits per heavy atom. The van der Waals surface area contributed by atoms with E-state index >= 15 is 0 Å². The Morgan fingerprint density at radius 1 is 1.26 bits per heavy atom. The number of halogens is 1. The van der Waals surface area contributed by atoms with Gasteiger partial charge in [-0.15, -0.1) is 0 Å². The van der Waals surface area contributed by atoms with Gasteiger partial charge in [-0.3, -0.25) is 19.3 Å². The molecule has 2 heterocycles. The molecule has 1 aromatic carbocycles. The number of nitrogens with zero attached hydrogens (tertiary/aromatic N) is 2. The van der Waals surface area contributed by atoms with E-state index in [1.807, 2.05) is 0 Å². The Hall–Kier alpha value is -2.37. The summed E-state index contributed by atoms with van der Waals surface area (Å²) in [6.07, 6.45) is 1.57. The Bertz CT molecular complexity index is 915. The Labute approximate surface area is 191 Å². The van der Waals surface area contributed by atoms with Gasteiger partial charge in [0.05, 0.1) is 29.2 Å². The second-order valence-corrected chi connectivity index (χ2v) is 8.39. The molecule has 0 saturated carbocycles. The van der Waals surface area contributed by atoms with Crippen molar-refractivity contribution in [2.45, 2.75) is 6.92 Å². The molecule has 2 saturated heterocycles. The van der Waals surface area contributed by atoms with Crippen LogP contribution in [0.15, 0.2) is 27.6 Å². The summed E-state index contributed by atoms with van der Waals surface area (Å²) in [5.74, 6) is -0.818. The first-order valence-electron chi connectivity index (χ1n) is 9.58. The molecule has 31 heavy (non-hydrogen) atoms. The zero-order valence-electron chi connectivity index (χ0n) is 16.8. The zero-order valence-corrected chi connectivity index (χ0v) is 19.2. The van der Waals surface area contributed by atoms with Crippen LogP contribution in [0.2, 0.25) is 0 Å². The summed E-state index contributed by atoms with van der Waals surface area (Å²) in [6.45, 7) is 3.27. The minimum absolute atomic E-state index is 0.220. The highest BCUT2D eigenvalue weighted by atomic mass is 79.9. The van der Waals surface area contributed by atoms with Crippen molar-refractivity contribution >= 4 is 56.8 Å². The van der Waals surface area contributed by atoms with Crippen molar-refractivity contribution in [3.63, 3.8) is 0 Å². The van der Waals surface area contributed by atoms with E-state index in [9.17, 15) is 19.2 Å². The van der Waals surface area contributed by atoms with Crippen molar-refractivity contribution in [1.29, 1.82) is 0 Å². The first-order chi connectivity index (χ1) is 14.9. The predicted molar refractivity (Wildman–Crippen MR) is 116 cm³/mol. The lowest BCUT2D eigenvalue weighted by Gasteiger charge is -2.28. The number of carbonyl (C=O) groups excluding carboxylic acids is 4. The molecular formula is C20H21BrN2O7S. The van der Waals surface area contributed by atoms with Crippen LogP contribution in [0.3, 0.4) is 0 Å². The maximum Gasteiger partial charge on any atom is 0.344 e. The molecule has 0 aromatic heterocycles. The molecule has 3 rings (SSSR count). The summed E-state index contributed by atoms with van der Waals surface area (Å²) in [5, 5.41) is -0.480. The number of morpholine rings is 1. The first-order valence-corrected chi connectivity index (χ1v) is 11.2. The van der Waals surface area contributed by atoms with Crippen molar-refractivity contribution < 1.29 is 33.4 Å². The van der Waals surface area contributed by atoms with Gasteiger partial charge in [0.15, 0.2) is 6.61 Å². The summed E-state index contributed by atoms with van der Waals surface area (Å²) in [5.41, 5.74) is 0.653. The van der Waals surface area contributed by atoms with E-state index in [-0.39, 0.29) is 30.6 Å². The Balaban J connectivity index is 1.64. The van der Waals surface area contributed by atoms with Crippen LogP contribution in [-0.4, -0.2) is 78.9 Å². The largest absolute Gasteiger partial charge is 0.481 e. The SMILES string of the molecule is CCOC(=O)COc1ccc(/C=C2/SC(=O)N(CC(=O)N3CCOCC3)C2=O)cc1Br. The van der Waals surface area contributed by atoms with E-state index in [4.69, 9.17) is 14.2 Å². The average Bonchev–Trinajstić information content (AvgIpc) is 3.01. The second kappa shape index (κ2) is 10.8. The molecule has 0 spiro atoms. The monoisotopic (exact) mass is 512 g/mol. The van der Waals surface area contributed by atoms with Crippen LogP contribution in [-0.2, 0) is 23.9 Å². The predicted octanol–water partition coefficient (Wildman–Crippen LogP) is 2.29. The maximum absolute atomic E-state index is 12.7. The summed E-state index contributed by atoms with van der Waals surface area (Å²) in [6, 6.07) is 5.03. The lowest BCUT2D eigenvalue weighted by Crippen LogP contribution is -2.46. The molecule has 0 radical (unpaired) electrons. The first kappa shape index (κ1) is 23.3. The van der Waals surface area contributed by atoms with Gasteiger partial charge in [0.2, 0.25) is 5.91 Å². The molecule has 2 aliphatic heterocycles. The van der Waals surface area contributed by atoms with Crippen LogP contribution in [0.25, 0.3) is 6.08 Å². The van der Waals surface area contributed by atoms with Gasteiger partial charge < -0.3 is 19.1 Å². The van der Waals surface area contributed by atoms with E-state index in [2.05, 4.69) is 15.9 Å². The Morgan fingerprint density at radius 2 is 2.00 bits per heavy atom. The molecule has 11 heteroatoms. The third-order valence-electron chi connectivity index (χ3n) is 4.44. The number of esters is 1. The van der Waals surface area contributed by atoms with Crippen LogP contribution in [0.1, 0.15) is 12.5 Å². The smallest absolute Gasteiger partial charge is 0.344 e. The van der Waals surface area contributed by atoms with Gasteiger partial charge in [-0.2, -0.15) is 0 Å². The average molecular weight is 513 g/mol. The number of ether oxygens (including phenoxy) is 3. The second-order valence-electron chi connectivity index (χ2n) is 6.54. The summed E-state index contributed by atoms with van der Waals surface area (Å²) < 4.78 is 16.0. The van der Waals surface area contributed by atoms with Gasteiger partial charge in [-0.25, -0.2) is 4.79 Å². The number of imide groups is 1. The molecule has 9 nitrogen and oxygen atoms in total. The number of hydrogen-bond donors (Lipinski definition) is 0. The molecule has 0 bridgehead atoms. The fourth-order valence-corrected chi connectivity index (χ4v) is 4.25. The fourth-order valence-electron chi connectivity index (χ4n) is 2.90. The molecule has 2 aliphatic rings. The van der Waals surface area contributed by atoms with Crippen molar-refractivity contribution in [1.82, 2.24) is 9.80 Å². The van der Waals surface area contributed by atoms with E-state index in [0.29, 0.717) is 42.1 Å². The number of thioether (sulfide) groups is 1. The number of rotatable bonds is 7. The van der Waals surface area contributed by atoms with Crippen molar-refractivity contribution in [3.8, 4) is 5.75 Å². The lowest BCUT2D eigenvalue weighted by molar-refractivity contribution is -0.145. The number of benzene rings is 1. The van der Waals surface area contributed by atoms with Gasteiger partial charge in [0.25, 0.3) is 11.1 Å². The van der Waals surface area contributed by atoms with Crippen LogP contribution < -0.4 is 4.74 Å². The fraction of sp³-hybridized carbons (Fsp3) is 0.400. The molecule has 0 atom stereocenters. The topological polar surface area (TPSA) is 102 Å². The van der Waals surface area contributed by atoms with Gasteiger partial charge in [0, 0.05) is 13.1 Å². The maximum atomic E-state index is 12.7. The standard InChI is InChI=1S/C20H21BrN2O7S/c1-2-29-18(25)12-30-15-4-3-13(9-14(15)21)10-16-19(26)23(20(27)31-16)11-17(24)22-5-7-28-8-6-22/h3-4,9-10H,2,5-8,11-12H2,1H3/b16-10+. The molecular weight excluding hydrogens is 492 g/mol. The molecule has 0 N–H and O–H groups in total.